The predicted molar refractivity (Wildman–Crippen MR) is 109 cm³/mol. The number of nitrogens with two attached hydrogens (primary N) is 1. The summed E-state index contributed by atoms with van der Waals surface area (Å²) in [6.07, 6.45) is 2.87. The van der Waals surface area contributed by atoms with Crippen molar-refractivity contribution in [2.24, 2.45) is 5.92 Å². The van der Waals surface area contributed by atoms with Crippen molar-refractivity contribution in [1.29, 1.82) is 0 Å². The number of hydrogen-bond acceptors (Lipinski definition) is 5. The maximum atomic E-state index is 14.4. The Kier molecular flexibility index (Phi) is 6.00. The fourth-order valence-electron chi connectivity index (χ4n) is 3.51. The topological polar surface area (TPSA) is 101 Å². The van der Waals surface area contributed by atoms with Crippen LogP contribution in [0.15, 0.2) is 30.6 Å². The van der Waals surface area contributed by atoms with Crippen molar-refractivity contribution in [2.45, 2.75) is 45.6 Å². The summed E-state index contributed by atoms with van der Waals surface area (Å²) in [7, 11) is 0. The number of amides is 2. The quantitative estimate of drug-likeness (QED) is 0.748. The predicted octanol–water partition coefficient (Wildman–Crippen LogP) is 3.11. The van der Waals surface area contributed by atoms with Gasteiger partial charge in [0.1, 0.15) is 5.82 Å². The summed E-state index contributed by atoms with van der Waals surface area (Å²) in [6, 6.07) is 4.05. The van der Waals surface area contributed by atoms with Crippen molar-refractivity contribution in [3.05, 3.63) is 47.4 Å². The number of aryl methyl sites for hydroxylation is 2. The number of nitrogens with zero attached hydrogens (tertiary/aromatic N) is 3. The number of carbonyl (C=O) groups excluding carboxylic acids is 2. The van der Waals surface area contributed by atoms with Gasteiger partial charge in [0.15, 0.2) is 0 Å². The van der Waals surface area contributed by atoms with E-state index in [9.17, 15) is 18.4 Å². The van der Waals surface area contributed by atoms with E-state index in [4.69, 9.17) is 5.73 Å². The van der Waals surface area contributed by atoms with Crippen molar-refractivity contribution in [3.8, 4) is 0 Å². The van der Waals surface area contributed by atoms with Crippen LogP contribution in [0.4, 0.5) is 20.3 Å². The third-order valence-corrected chi connectivity index (χ3v) is 5.45. The molecule has 2 aromatic rings. The molecule has 7 nitrogen and oxygen atoms in total. The SMILES string of the molecule is CCc1cc(NC(=O)C(=O)N2C[C@H](C)C(F)(F)C[C@H]2c2ccc(C)nc2)cnc1N. The van der Waals surface area contributed by atoms with Crippen LogP contribution in [0.25, 0.3) is 0 Å². The van der Waals surface area contributed by atoms with Crippen LogP contribution >= 0.6 is 0 Å². The van der Waals surface area contributed by atoms with Crippen LogP contribution in [-0.4, -0.2) is 39.1 Å². The largest absolute Gasteiger partial charge is 0.383 e. The van der Waals surface area contributed by atoms with Crippen LogP contribution in [0.2, 0.25) is 0 Å². The highest BCUT2D eigenvalue weighted by atomic mass is 19.3. The van der Waals surface area contributed by atoms with Gasteiger partial charge in [0.05, 0.1) is 17.9 Å². The number of halogens is 2. The van der Waals surface area contributed by atoms with E-state index < -0.39 is 36.1 Å². The zero-order valence-electron chi connectivity index (χ0n) is 17.2. The van der Waals surface area contributed by atoms with Gasteiger partial charge >= 0.3 is 11.8 Å². The molecule has 3 heterocycles. The summed E-state index contributed by atoms with van der Waals surface area (Å²) < 4.78 is 28.9. The van der Waals surface area contributed by atoms with E-state index in [-0.39, 0.29) is 6.54 Å². The van der Waals surface area contributed by atoms with Crippen LogP contribution in [0, 0.1) is 12.8 Å². The van der Waals surface area contributed by atoms with Crippen molar-refractivity contribution < 1.29 is 18.4 Å². The minimum absolute atomic E-state index is 0.238. The molecule has 2 aromatic heterocycles. The molecule has 0 radical (unpaired) electrons. The molecule has 0 unspecified atom stereocenters. The zero-order chi connectivity index (χ0) is 22.1. The molecule has 1 saturated heterocycles. The van der Waals surface area contributed by atoms with Gasteiger partial charge in [-0.3, -0.25) is 14.6 Å². The molecular formula is C21H25F2N5O2. The minimum atomic E-state index is -2.96. The van der Waals surface area contributed by atoms with Gasteiger partial charge in [0, 0.05) is 30.8 Å². The van der Waals surface area contributed by atoms with Crippen molar-refractivity contribution in [2.75, 3.05) is 17.6 Å². The average molecular weight is 417 g/mol. The van der Waals surface area contributed by atoms with Crippen LogP contribution in [0.1, 0.15) is 43.1 Å². The minimum Gasteiger partial charge on any atom is -0.383 e. The second-order valence-corrected chi connectivity index (χ2v) is 7.65. The van der Waals surface area contributed by atoms with Crippen LogP contribution in [0.5, 0.6) is 0 Å². The third-order valence-electron chi connectivity index (χ3n) is 5.45. The lowest BCUT2D eigenvalue weighted by molar-refractivity contribution is -0.159. The van der Waals surface area contributed by atoms with Gasteiger partial charge in [0.25, 0.3) is 5.92 Å². The number of pyridine rings is 2. The Balaban J connectivity index is 1.85. The Morgan fingerprint density at radius 1 is 1.30 bits per heavy atom. The second-order valence-electron chi connectivity index (χ2n) is 7.65. The summed E-state index contributed by atoms with van der Waals surface area (Å²) in [5.74, 6) is -5.47. The summed E-state index contributed by atoms with van der Waals surface area (Å²) in [5, 5.41) is 2.51. The van der Waals surface area contributed by atoms with E-state index in [1.54, 1.807) is 25.1 Å². The van der Waals surface area contributed by atoms with Crippen LogP contribution < -0.4 is 11.1 Å². The van der Waals surface area contributed by atoms with Crippen molar-refractivity contribution in [3.63, 3.8) is 0 Å². The first kappa shape index (κ1) is 21.6. The summed E-state index contributed by atoms with van der Waals surface area (Å²) in [5.41, 5.74) is 8.02. The molecule has 1 fully saturated rings. The van der Waals surface area contributed by atoms with E-state index in [2.05, 4.69) is 15.3 Å². The smallest absolute Gasteiger partial charge is 0.313 e. The van der Waals surface area contributed by atoms with Crippen molar-refractivity contribution >= 4 is 23.3 Å². The van der Waals surface area contributed by atoms with E-state index >= 15 is 0 Å². The molecule has 9 heteroatoms. The Hall–Kier alpha value is -3.10. The van der Waals surface area contributed by atoms with Gasteiger partial charge in [0.2, 0.25) is 0 Å². The molecule has 2 atom stereocenters. The number of anilines is 2. The molecule has 2 amide bonds. The van der Waals surface area contributed by atoms with Gasteiger partial charge in [-0.2, -0.15) is 0 Å². The Morgan fingerprint density at radius 3 is 2.67 bits per heavy atom. The van der Waals surface area contributed by atoms with E-state index in [0.717, 1.165) is 11.3 Å². The monoisotopic (exact) mass is 417 g/mol. The van der Waals surface area contributed by atoms with Crippen LogP contribution in [-0.2, 0) is 16.0 Å². The highest BCUT2D eigenvalue weighted by Crippen LogP contribution is 2.42. The Morgan fingerprint density at radius 2 is 2.03 bits per heavy atom. The number of piperidine rings is 1. The van der Waals surface area contributed by atoms with E-state index in [1.165, 1.54) is 24.2 Å². The fourth-order valence-corrected chi connectivity index (χ4v) is 3.51. The number of likely N-dealkylation sites (tertiary alicyclic amines) is 1. The molecule has 0 aromatic carbocycles. The lowest BCUT2D eigenvalue weighted by Crippen LogP contribution is -2.52. The molecule has 1 aliphatic rings. The lowest BCUT2D eigenvalue weighted by Gasteiger charge is -2.42. The lowest BCUT2D eigenvalue weighted by atomic mass is 9.87. The standard InChI is InChI=1S/C21H25F2N5O2/c1-4-14-7-16(10-26-18(14)24)27-19(29)20(30)28-11-12(2)21(22,23)8-17(28)15-6-5-13(3)25-9-15/h5-7,9-10,12,17H,4,8,11H2,1-3H3,(H2,24,26)(H,27,29)/t12-,17-/m0/s1. The van der Waals surface area contributed by atoms with Gasteiger partial charge in [-0.1, -0.05) is 19.9 Å². The van der Waals surface area contributed by atoms with Gasteiger partial charge in [-0.05, 0) is 36.6 Å². The number of nitrogens with one attached hydrogen (secondary N) is 1. The molecule has 160 valence electrons. The summed E-state index contributed by atoms with van der Waals surface area (Å²) >= 11 is 0. The number of rotatable bonds is 3. The first-order valence-electron chi connectivity index (χ1n) is 9.79. The Labute approximate surface area is 173 Å². The first-order chi connectivity index (χ1) is 14.1. The number of nitrogen functional groups attached to an aromatic ring is 1. The third kappa shape index (κ3) is 4.39. The summed E-state index contributed by atoms with van der Waals surface area (Å²) in [4.78, 5) is 34.9. The maximum absolute atomic E-state index is 14.4. The molecule has 3 N–H and O–H groups in total. The maximum Gasteiger partial charge on any atom is 0.313 e. The first-order valence-corrected chi connectivity index (χ1v) is 9.79. The molecule has 0 aliphatic carbocycles. The van der Waals surface area contributed by atoms with E-state index in [1.807, 2.05) is 6.92 Å². The molecule has 1 aliphatic heterocycles. The molecule has 0 spiro atoms. The molecular weight excluding hydrogens is 392 g/mol. The molecule has 0 bridgehead atoms. The van der Waals surface area contributed by atoms with E-state index in [0.29, 0.717) is 23.5 Å². The van der Waals surface area contributed by atoms with Gasteiger partial charge in [-0.25, -0.2) is 13.8 Å². The normalized spacial score (nSPS) is 20.6. The van der Waals surface area contributed by atoms with Gasteiger partial charge in [-0.15, -0.1) is 0 Å². The van der Waals surface area contributed by atoms with Gasteiger partial charge < -0.3 is 16.0 Å². The Bertz CT molecular complexity index is 949. The number of carbonyl (C=O) groups is 2. The second kappa shape index (κ2) is 8.33. The van der Waals surface area contributed by atoms with Crippen molar-refractivity contribution in [1.82, 2.24) is 14.9 Å². The zero-order valence-corrected chi connectivity index (χ0v) is 17.2. The highest BCUT2D eigenvalue weighted by Gasteiger charge is 2.48. The number of alkyl halides is 2. The average Bonchev–Trinajstić information content (AvgIpc) is 2.71. The van der Waals surface area contributed by atoms with Crippen LogP contribution in [0.3, 0.4) is 0 Å². The molecule has 3 rings (SSSR count). The highest BCUT2D eigenvalue weighted by molar-refractivity contribution is 6.39. The molecule has 0 saturated carbocycles. The fraction of sp³-hybridized carbons (Fsp3) is 0.429. The molecule has 30 heavy (non-hydrogen) atoms. The summed E-state index contributed by atoms with van der Waals surface area (Å²) in [6.45, 7) is 4.81. The number of hydrogen-bond donors (Lipinski definition) is 2. The number of aromatic nitrogens is 2.